The van der Waals surface area contributed by atoms with Crippen LogP contribution in [0, 0.1) is 5.41 Å². The molecule has 0 aliphatic heterocycles. The maximum Gasteiger partial charge on any atom is 0.416 e. The van der Waals surface area contributed by atoms with Gasteiger partial charge in [-0.2, -0.15) is 13.2 Å². The molecule has 120 valence electrons. The summed E-state index contributed by atoms with van der Waals surface area (Å²) in [6.07, 6.45) is -4.45. The zero-order valence-electron chi connectivity index (χ0n) is 13.2. The fraction of sp³-hybridized carbons (Fsp3) is 0.625. The van der Waals surface area contributed by atoms with Crippen LogP contribution in [0.25, 0.3) is 0 Å². The average molecular weight is 303 g/mol. The monoisotopic (exact) mass is 303 g/mol. The summed E-state index contributed by atoms with van der Waals surface area (Å²) in [6.45, 7) is 8.83. The molecule has 1 aromatic rings. The number of methoxy groups -OCH3 is 1. The van der Waals surface area contributed by atoms with Gasteiger partial charge in [-0.15, -0.1) is 0 Å². The van der Waals surface area contributed by atoms with Crippen LogP contribution in [0.15, 0.2) is 24.3 Å². The molecule has 0 aromatic heterocycles. The summed E-state index contributed by atoms with van der Waals surface area (Å²) in [4.78, 5) is 0. The summed E-state index contributed by atoms with van der Waals surface area (Å²) in [5.41, 5.74) is 0.0300. The van der Waals surface area contributed by atoms with E-state index in [4.69, 9.17) is 4.74 Å². The van der Waals surface area contributed by atoms with Gasteiger partial charge >= 0.3 is 6.18 Å². The second-order valence-corrected chi connectivity index (χ2v) is 6.18. The van der Waals surface area contributed by atoms with Crippen molar-refractivity contribution in [1.29, 1.82) is 0 Å². The number of hydrogen-bond donors (Lipinski definition) is 1. The van der Waals surface area contributed by atoms with Gasteiger partial charge in [0.25, 0.3) is 0 Å². The summed E-state index contributed by atoms with van der Waals surface area (Å²) < 4.78 is 43.5. The van der Waals surface area contributed by atoms with Gasteiger partial charge < -0.3 is 10.1 Å². The highest BCUT2D eigenvalue weighted by Crippen LogP contribution is 2.34. The number of alkyl halides is 3. The van der Waals surface area contributed by atoms with E-state index in [0.29, 0.717) is 6.54 Å². The van der Waals surface area contributed by atoms with Crippen LogP contribution < -0.4 is 5.32 Å². The van der Waals surface area contributed by atoms with Crippen molar-refractivity contribution < 1.29 is 17.9 Å². The summed E-state index contributed by atoms with van der Waals surface area (Å²) in [5, 5.41) is 3.31. The van der Waals surface area contributed by atoms with Crippen LogP contribution in [0.4, 0.5) is 13.2 Å². The Bertz CT molecular complexity index is 434. The van der Waals surface area contributed by atoms with Gasteiger partial charge in [0.15, 0.2) is 0 Å². The predicted octanol–water partition coefficient (Wildman–Crippen LogP) is 4.42. The largest absolute Gasteiger partial charge is 0.416 e. The Balaban J connectivity index is 3.11. The lowest BCUT2D eigenvalue weighted by Crippen LogP contribution is -2.41. The number of benzene rings is 1. The molecule has 1 rings (SSSR count). The van der Waals surface area contributed by atoms with E-state index in [1.54, 1.807) is 7.11 Å². The van der Waals surface area contributed by atoms with Gasteiger partial charge in [0, 0.05) is 7.11 Å². The molecule has 1 aromatic carbocycles. The normalized spacial score (nSPS) is 15.8. The lowest BCUT2D eigenvalue weighted by molar-refractivity contribution is -0.137. The third-order valence-corrected chi connectivity index (χ3v) is 3.43. The third-order valence-electron chi connectivity index (χ3n) is 3.43. The van der Waals surface area contributed by atoms with E-state index in [9.17, 15) is 13.2 Å². The van der Waals surface area contributed by atoms with Crippen LogP contribution in [-0.4, -0.2) is 19.8 Å². The molecule has 0 aliphatic carbocycles. The molecule has 5 heteroatoms. The number of rotatable bonds is 5. The highest BCUT2D eigenvalue weighted by molar-refractivity contribution is 5.28. The van der Waals surface area contributed by atoms with Crippen molar-refractivity contribution in [2.75, 3.05) is 13.7 Å². The van der Waals surface area contributed by atoms with Crippen LogP contribution in [0.2, 0.25) is 0 Å². The SMILES string of the molecule is CCNC(c1ccc(C(F)(F)F)cc1)C(OC)C(C)(C)C. The standard InChI is InChI=1S/C16H24F3NO/c1-6-20-13(14(21-5)15(2,3)4)11-7-9-12(10-8-11)16(17,18)19/h7-10,13-14,20H,6H2,1-5H3. The summed E-state index contributed by atoms with van der Waals surface area (Å²) in [5.74, 6) is 0. The Labute approximate surface area is 124 Å². The van der Waals surface area contributed by atoms with Crippen molar-refractivity contribution in [2.24, 2.45) is 5.41 Å². The van der Waals surface area contributed by atoms with Gasteiger partial charge in [-0.05, 0) is 29.7 Å². The first-order valence-electron chi connectivity index (χ1n) is 7.04. The minimum Gasteiger partial charge on any atom is -0.379 e. The average Bonchev–Trinajstić information content (AvgIpc) is 2.36. The van der Waals surface area contributed by atoms with Crippen LogP contribution >= 0.6 is 0 Å². The maximum atomic E-state index is 12.6. The second-order valence-electron chi connectivity index (χ2n) is 6.18. The van der Waals surface area contributed by atoms with E-state index in [1.807, 2.05) is 6.92 Å². The summed E-state index contributed by atoms with van der Waals surface area (Å²) >= 11 is 0. The van der Waals surface area contributed by atoms with Gasteiger partial charge in [-0.1, -0.05) is 39.8 Å². The van der Waals surface area contributed by atoms with Crippen molar-refractivity contribution in [2.45, 2.75) is 46.0 Å². The highest BCUT2D eigenvalue weighted by atomic mass is 19.4. The summed E-state index contributed by atoms with van der Waals surface area (Å²) in [7, 11) is 1.63. The summed E-state index contributed by atoms with van der Waals surface area (Å²) in [6, 6.07) is 5.13. The van der Waals surface area contributed by atoms with Crippen molar-refractivity contribution >= 4 is 0 Å². The highest BCUT2D eigenvalue weighted by Gasteiger charge is 2.34. The maximum absolute atomic E-state index is 12.6. The molecule has 1 N–H and O–H groups in total. The van der Waals surface area contributed by atoms with Crippen molar-refractivity contribution in [1.82, 2.24) is 5.32 Å². The van der Waals surface area contributed by atoms with E-state index < -0.39 is 11.7 Å². The fourth-order valence-corrected chi connectivity index (χ4v) is 2.49. The number of hydrogen-bond acceptors (Lipinski definition) is 2. The molecule has 0 saturated heterocycles. The molecule has 2 nitrogen and oxygen atoms in total. The molecular formula is C16H24F3NO. The van der Waals surface area contributed by atoms with E-state index in [1.165, 1.54) is 12.1 Å². The Morgan fingerprint density at radius 2 is 1.62 bits per heavy atom. The van der Waals surface area contributed by atoms with Crippen molar-refractivity contribution in [3.8, 4) is 0 Å². The molecule has 0 radical (unpaired) electrons. The molecule has 0 amide bonds. The molecule has 2 atom stereocenters. The van der Waals surface area contributed by atoms with Gasteiger partial charge in [0.1, 0.15) is 0 Å². The molecule has 0 saturated carbocycles. The number of ether oxygens (including phenoxy) is 1. The molecule has 21 heavy (non-hydrogen) atoms. The van der Waals surface area contributed by atoms with Crippen LogP contribution in [-0.2, 0) is 10.9 Å². The molecule has 0 fully saturated rings. The Kier molecular flexibility index (Phi) is 5.82. The van der Waals surface area contributed by atoms with E-state index in [-0.39, 0.29) is 17.6 Å². The lowest BCUT2D eigenvalue weighted by Gasteiger charge is -2.36. The van der Waals surface area contributed by atoms with Gasteiger partial charge in [-0.25, -0.2) is 0 Å². The topological polar surface area (TPSA) is 21.3 Å². The van der Waals surface area contributed by atoms with Crippen LogP contribution in [0.1, 0.15) is 44.9 Å². The molecule has 2 unspecified atom stereocenters. The third kappa shape index (κ3) is 4.71. The molecule has 0 aliphatic rings. The second kappa shape index (κ2) is 6.79. The number of nitrogens with one attached hydrogen (secondary N) is 1. The fourth-order valence-electron chi connectivity index (χ4n) is 2.49. The Morgan fingerprint density at radius 3 is 1.95 bits per heavy atom. The molecule has 0 bridgehead atoms. The van der Waals surface area contributed by atoms with Crippen molar-refractivity contribution in [3.63, 3.8) is 0 Å². The zero-order chi connectivity index (χ0) is 16.3. The first kappa shape index (κ1) is 18.0. The predicted molar refractivity (Wildman–Crippen MR) is 78.1 cm³/mol. The quantitative estimate of drug-likeness (QED) is 0.869. The van der Waals surface area contributed by atoms with Crippen LogP contribution in [0.3, 0.4) is 0 Å². The number of likely N-dealkylation sites (N-methyl/N-ethyl adjacent to an activating group) is 1. The smallest absolute Gasteiger partial charge is 0.379 e. The van der Waals surface area contributed by atoms with E-state index in [2.05, 4.69) is 26.1 Å². The van der Waals surface area contributed by atoms with E-state index >= 15 is 0 Å². The first-order chi connectivity index (χ1) is 9.61. The molecular weight excluding hydrogens is 279 g/mol. The zero-order valence-corrected chi connectivity index (χ0v) is 13.2. The van der Waals surface area contributed by atoms with Gasteiger partial charge in [0.05, 0.1) is 17.7 Å². The minimum absolute atomic E-state index is 0.135. The lowest BCUT2D eigenvalue weighted by atomic mass is 9.82. The molecule has 0 heterocycles. The Morgan fingerprint density at radius 1 is 1.10 bits per heavy atom. The van der Waals surface area contributed by atoms with Crippen LogP contribution in [0.5, 0.6) is 0 Å². The Hall–Kier alpha value is -1.07. The van der Waals surface area contributed by atoms with Gasteiger partial charge in [-0.3, -0.25) is 0 Å². The van der Waals surface area contributed by atoms with Gasteiger partial charge in [0.2, 0.25) is 0 Å². The van der Waals surface area contributed by atoms with E-state index in [0.717, 1.165) is 17.7 Å². The van der Waals surface area contributed by atoms with Crippen molar-refractivity contribution in [3.05, 3.63) is 35.4 Å². The number of halogens is 3. The molecule has 0 spiro atoms. The minimum atomic E-state index is -4.31. The first-order valence-corrected chi connectivity index (χ1v) is 7.04.